The summed E-state index contributed by atoms with van der Waals surface area (Å²) in [7, 11) is 1.42. The normalized spacial score (nSPS) is 10.7. The van der Waals surface area contributed by atoms with Crippen LogP contribution in [0, 0.1) is 0 Å². The minimum absolute atomic E-state index is 0.0192. The van der Waals surface area contributed by atoms with Crippen molar-refractivity contribution >= 4 is 11.0 Å². The van der Waals surface area contributed by atoms with E-state index in [1.54, 1.807) is 18.2 Å². The van der Waals surface area contributed by atoms with Crippen LogP contribution in [0.4, 0.5) is 0 Å². The lowest BCUT2D eigenvalue weighted by molar-refractivity contribution is 0.373. The van der Waals surface area contributed by atoms with Gasteiger partial charge in [0.1, 0.15) is 23.0 Å². The Labute approximate surface area is 119 Å². The number of methoxy groups -OCH3 is 1. The summed E-state index contributed by atoms with van der Waals surface area (Å²) in [6.45, 7) is 0. The first kappa shape index (κ1) is 13.1. The van der Waals surface area contributed by atoms with Crippen LogP contribution in [0.15, 0.2) is 51.9 Å². The van der Waals surface area contributed by atoms with Gasteiger partial charge < -0.3 is 19.4 Å². The van der Waals surface area contributed by atoms with Crippen LogP contribution in [0.2, 0.25) is 0 Å². The monoisotopic (exact) mass is 284 g/mol. The van der Waals surface area contributed by atoms with Crippen molar-refractivity contribution in [2.24, 2.45) is 0 Å². The summed E-state index contributed by atoms with van der Waals surface area (Å²) in [5, 5.41) is 19.6. The molecule has 0 spiro atoms. The van der Waals surface area contributed by atoms with Crippen molar-refractivity contribution in [2.75, 3.05) is 7.11 Å². The molecular formula is C16H12O5. The van der Waals surface area contributed by atoms with E-state index in [0.29, 0.717) is 11.1 Å². The lowest BCUT2D eigenvalue weighted by Gasteiger charge is -2.07. The molecule has 3 aromatic rings. The second-order valence-corrected chi connectivity index (χ2v) is 4.52. The molecule has 0 unspecified atom stereocenters. The van der Waals surface area contributed by atoms with Crippen LogP contribution < -0.4 is 10.2 Å². The molecular weight excluding hydrogens is 272 g/mol. The molecule has 2 aromatic carbocycles. The molecule has 5 nitrogen and oxygen atoms in total. The summed E-state index contributed by atoms with van der Waals surface area (Å²) >= 11 is 0. The number of hydrogen-bond donors (Lipinski definition) is 2. The molecule has 2 N–H and O–H groups in total. The number of ether oxygens (including phenoxy) is 1. The van der Waals surface area contributed by atoms with E-state index in [-0.39, 0.29) is 33.6 Å². The average molecular weight is 284 g/mol. The molecule has 0 bridgehead atoms. The number of hydrogen-bond acceptors (Lipinski definition) is 5. The van der Waals surface area contributed by atoms with Crippen LogP contribution in [0.3, 0.4) is 0 Å². The zero-order valence-electron chi connectivity index (χ0n) is 11.2. The molecule has 106 valence electrons. The molecule has 0 saturated carbocycles. The van der Waals surface area contributed by atoms with Gasteiger partial charge in [-0.1, -0.05) is 12.1 Å². The Kier molecular flexibility index (Phi) is 3.02. The number of phenolic OH excluding ortho intramolecular Hbond substituents is 2. The predicted octanol–water partition coefficient (Wildman–Crippen LogP) is 2.88. The van der Waals surface area contributed by atoms with Crippen LogP contribution in [0.1, 0.15) is 0 Å². The number of fused-ring (bicyclic) bond motifs is 1. The van der Waals surface area contributed by atoms with Crippen molar-refractivity contribution in [1.29, 1.82) is 0 Å². The van der Waals surface area contributed by atoms with E-state index in [4.69, 9.17) is 9.15 Å². The van der Waals surface area contributed by atoms with Gasteiger partial charge in [-0.3, -0.25) is 4.79 Å². The SMILES string of the molecule is COc1cc(-c2coc3cccc(O)c3c2=O)ccc1O. The Morgan fingerprint density at radius 1 is 1.10 bits per heavy atom. The molecule has 0 aliphatic carbocycles. The third-order valence-electron chi connectivity index (χ3n) is 3.27. The Morgan fingerprint density at radius 3 is 2.67 bits per heavy atom. The van der Waals surface area contributed by atoms with E-state index in [1.165, 1.54) is 31.6 Å². The number of rotatable bonds is 2. The molecule has 0 radical (unpaired) electrons. The molecule has 1 aromatic heterocycles. The van der Waals surface area contributed by atoms with Crippen LogP contribution in [-0.2, 0) is 0 Å². The van der Waals surface area contributed by atoms with Crippen LogP contribution >= 0.6 is 0 Å². The van der Waals surface area contributed by atoms with E-state index in [0.717, 1.165) is 0 Å². The first-order chi connectivity index (χ1) is 10.1. The zero-order chi connectivity index (χ0) is 15.0. The molecule has 0 fully saturated rings. The maximum absolute atomic E-state index is 12.5. The van der Waals surface area contributed by atoms with Gasteiger partial charge in [-0.05, 0) is 29.8 Å². The number of phenols is 2. The summed E-state index contributed by atoms with van der Waals surface area (Å²) in [4.78, 5) is 12.5. The van der Waals surface area contributed by atoms with Gasteiger partial charge in [0.15, 0.2) is 11.5 Å². The molecule has 3 rings (SSSR count). The van der Waals surface area contributed by atoms with Gasteiger partial charge in [0.25, 0.3) is 0 Å². The van der Waals surface area contributed by atoms with Crippen molar-refractivity contribution in [3.63, 3.8) is 0 Å². The van der Waals surface area contributed by atoms with Gasteiger partial charge in [0.2, 0.25) is 5.43 Å². The van der Waals surface area contributed by atoms with E-state index in [9.17, 15) is 15.0 Å². The van der Waals surface area contributed by atoms with Crippen molar-refractivity contribution in [1.82, 2.24) is 0 Å². The van der Waals surface area contributed by atoms with E-state index in [1.807, 2.05) is 0 Å². The molecule has 5 heteroatoms. The maximum Gasteiger partial charge on any atom is 0.204 e. The van der Waals surface area contributed by atoms with Crippen molar-refractivity contribution in [3.8, 4) is 28.4 Å². The summed E-state index contributed by atoms with van der Waals surface area (Å²) in [5.74, 6) is 0.104. The first-order valence-corrected chi connectivity index (χ1v) is 6.22. The molecule has 21 heavy (non-hydrogen) atoms. The quantitative estimate of drug-likeness (QED) is 0.756. The van der Waals surface area contributed by atoms with Crippen LogP contribution in [-0.4, -0.2) is 17.3 Å². The fourth-order valence-electron chi connectivity index (χ4n) is 2.20. The van der Waals surface area contributed by atoms with Gasteiger partial charge in [0, 0.05) is 0 Å². The Bertz CT molecular complexity index is 879. The van der Waals surface area contributed by atoms with Gasteiger partial charge in [-0.2, -0.15) is 0 Å². The minimum Gasteiger partial charge on any atom is -0.507 e. The third kappa shape index (κ3) is 2.08. The van der Waals surface area contributed by atoms with E-state index >= 15 is 0 Å². The Morgan fingerprint density at radius 2 is 1.90 bits per heavy atom. The standard InChI is InChI=1S/C16H12O5/c1-20-14-7-9(5-6-11(14)17)10-8-21-13-4-2-3-12(18)15(13)16(10)19/h2-8,17-18H,1H3. The van der Waals surface area contributed by atoms with E-state index in [2.05, 4.69) is 0 Å². The highest BCUT2D eigenvalue weighted by atomic mass is 16.5. The Balaban J connectivity index is 2.29. The van der Waals surface area contributed by atoms with E-state index < -0.39 is 0 Å². The largest absolute Gasteiger partial charge is 0.507 e. The summed E-state index contributed by atoms with van der Waals surface area (Å²) in [5.41, 5.74) is 0.780. The van der Waals surface area contributed by atoms with Crippen LogP contribution in [0.25, 0.3) is 22.1 Å². The van der Waals surface area contributed by atoms with Gasteiger partial charge >= 0.3 is 0 Å². The molecule has 0 aliphatic rings. The second kappa shape index (κ2) is 4.86. The first-order valence-electron chi connectivity index (χ1n) is 6.22. The second-order valence-electron chi connectivity index (χ2n) is 4.52. The fourth-order valence-corrected chi connectivity index (χ4v) is 2.20. The molecule has 0 amide bonds. The lowest BCUT2D eigenvalue weighted by Crippen LogP contribution is -2.05. The molecule has 0 saturated heterocycles. The number of aromatic hydroxyl groups is 2. The highest BCUT2D eigenvalue weighted by Crippen LogP contribution is 2.31. The smallest absolute Gasteiger partial charge is 0.204 e. The Hall–Kier alpha value is -2.95. The minimum atomic E-state index is -0.345. The number of benzene rings is 2. The summed E-state index contributed by atoms with van der Waals surface area (Å²) in [6, 6.07) is 9.19. The van der Waals surface area contributed by atoms with Gasteiger partial charge in [-0.15, -0.1) is 0 Å². The molecule has 1 heterocycles. The predicted molar refractivity (Wildman–Crippen MR) is 77.8 cm³/mol. The summed E-state index contributed by atoms with van der Waals surface area (Å²) in [6.07, 6.45) is 1.33. The highest BCUT2D eigenvalue weighted by molar-refractivity contribution is 5.86. The zero-order valence-corrected chi connectivity index (χ0v) is 11.2. The highest BCUT2D eigenvalue weighted by Gasteiger charge is 2.13. The lowest BCUT2D eigenvalue weighted by atomic mass is 10.0. The maximum atomic E-state index is 12.5. The van der Waals surface area contributed by atoms with Gasteiger partial charge in [-0.25, -0.2) is 0 Å². The topological polar surface area (TPSA) is 79.9 Å². The summed E-state index contributed by atoms with van der Waals surface area (Å²) < 4.78 is 10.4. The van der Waals surface area contributed by atoms with Crippen molar-refractivity contribution in [2.45, 2.75) is 0 Å². The molecule has 0 aliphatic heterocycles. The van der Waals surface area contributed by atoms with Crippen molar-refractivity contribution < 1.29 is 19.4 Å². The molecule has 0 atom stereocenters. The third-order valence-corrected chi connectivity index (χ3v) is 3.27. The van der Waals surface area contributed by atoms with Crippen molar-refractivity contribution in [3.05, 3.63) is 52.9 Å². The van der Waals surface area contributed by atoms with Gasteiger partial charge in [0.05, 0.1) is 12.7 Å². The average Bonchev–Trinajstić information content (AvgIpc) is 2.48. The van der Waals surface area contributed by atoms with Crippen LogP contribution in [0.5, 0.6) is 17.2 Å². The fraction of sp³-hybridized carbons (Fsp3) is 0.0625.